The third-order valence-electron chi connectivity index (χ3n) is 6.71. The summed E-state index contributed by atoms with van der Waals surface area (Å²) in [5.41, 5.74) is 1.91. The third-order valence-corrected chi connectivity index (χ3v) is 8.86. The van der Waals surface area contributed by atoms with Gasteiger partial charge >= 0.3 is 0 Å². The summed E-state index contributed by atoms with van der Waals surface area (Å²) in [5, 5.41) is 3.23. The van der Waals surface area contributed by atoms with E-state index >= 15 is 0 Å². The minimum atomic E-state index is -3.65. The largest absolute Gasteiger partial charge is 0.324 e. The molecule has 2 heterocycles. The second-order valence-electron chi connectivity index (χ2n) is 9.16. The molecular formula is C27H25ClFN3O4S. The average Bonchev–Trinajstić information content (AvgIpc) is 3.05. The summed E-state index contributed by atoms with van der Waals surface area (Å²) in [7, 11) is -3.65. The maximum atomic E-state index is 13.8. The first-order valence-corrected chi connectivity index (χ1v) is 13.8. The molecule has 3 aromatic rings. The molecule has 5 rings (SSSR count). The normalized spacial score (nSPS) is 18.6. The van der Waals surface area contributed by atoms with Crippen LogP contribution in [0.3, 0.4) is 0 Å². The number of hydrogen-bond donors (Lipinski definition) is 1. The van der Waals surface area contributed by atoms with E-state index in [-0.39, 0.29) is 17.0 Å². The lowest BCUT2D eigenvalue weighted by Crippen LogP contribution is -2.39. The topological polar surface area (TPSA) is 86.8 Å². The van der Waals surface area contributed by atoms with Crippen molar-refractivity contribution in [2.75, 3.05) is 25.0 Å². The fourth-order valence-corrected chi connectivity index (χ4v) is 6.56. The Morgan fingerprint density at radius 3 is 2.30 bits per heavy atom. The van der Waals surface area contributed by atoms with E-state index in [9.17, 15) is 22.4 Å². The zero-order valence-electron chi connectivity index (χ0n) is 19.9. The molecule has 0 radical (unpaired) electrons. The van der Waals surface area contributed by atoms with Gasteiger partial charge in [-0.1, -0.05) is 30.2 Å². The molecule has 0 aliphatic carbocycles. The SMILES string of the molecule is O=C1CN(C(=O)c2ccc(S(=O)(=O)N3CCCCC3)cc2)[C@H](c2ccc(F)cc2)c2cc(Cl)ccc2N1. The number of halogens is 2. The van der Waals surface area contributed by atoms with Crippen molar-refractivity contribution in [2.45, 2.75) is 30.2 Å². The van der Waals surface area contributed by atoms with Gasteiger partial charge in [-0.05, 0) is 73.0 Å². The number of nitrogens with zero attached hydrogens (tertiary/aromatic N) is 2. The van der Waals surface area contributed by atoms with Crippen LogP contribution in [0.5, 0.6) is 0 Å². The summed E-state index contributed by atoms with van der Waals surface area (Å²) in [4.78, 5) is 28.1. The molecule has 7 nitrogen and oxygen atoms in total. The summed E-state index contributed by atoms with van der Waals surface area (Å²) in [5.74, 6) is -1.30. The number of anilines is 1. The standard InChI is InChI=1S/C27H25ClFN3O4S/c28-20-8-13-24-23(16-20)26(18-4-9-21(29)10-5-18)32(17-25(33)30-24)27(34)19-6-11-22(12-7-19)37(35,36)31-14-2-1-3-15-31/h4-13,16,26H,1-3,14-15,17H2,(H,30,33)/t26-/m1/s1. The second-order valence-corrected chi connectivity index (χ2v) is 11.5. The Morgan fingerprint density at radius 2 is 1.62 bits per heavy atom. The van der Waals surface area contributed by atoms with Gasteiger partial charge in [0.25, 0.3) is 5.91 Å². The average molecular weight is 542 g/mol. The lowest BCUT2D eigenvalue weighted by molar-refractivity contribution is -0.117. The van der Waals surface area contributed by atoms with Crippen LogP contribution in [-0.4, -0.2) is 49.1 Å². The summed E-state index contributed by atoms with van der Waals surface area (Å²) in [6.07, 6.45) is 2.65. The molecule has 0 bridgehead atoms. The Morgan fingerprint density at radius 1 is 0.946 bits per heavy atom. The van der Waals surface area contributed by atoms with E-state index in [1.807, 2.05) is 0 Å². The first-order chi connectivity index (χ1) is 17.7. The molecule has 2 aliphatic heterocycles. The quantitative estimate of drug-likeness (QED) is 0.512. The van der Waals surface area contributed by atoms with Gasteiger partial charge in [-0.3, -0.25) is 9.59 Å². The first kappa shape index (κ1) is 25.4. The molecule has 0 spiro atoms. The first-order valence-electron chi connectivity index (χ1n) is 12.0. The Bertz CT molecular complexity index is 1440. The Hall–Kier alpha value is -3.27. The van der Waals surface area contributed by atoms with Gasteiger partial charge < -0.3 is 10.2 Å². The number of carbonyl (C=O) groups excluding carboxylic acids is 2. The van der Waals surface area contributed by atoms with Crippen LogP contribution in [0.4, 0.5) is 10.1 Å². The maximum Gasteiger partial charge on any atom is 0.255 e. The Balaban J connectivity index is 1.53. The van der Waals surface area contributed by atoms with E-state index in [0.29, 0.717) is 34.9 Å². The van der Waals surface area contributed by atoms with Crippen LogP contribution in [0.15, 0.2) is 71.6 Å². The number of amides is 2. The summed E-state index contributed by atoms with van der Waals surface area (Å²) in [6, 6.07) is 15.7. The van der Waals surface area contributed by atoms with Gasteiger partial charge in [0.15, 0.2) is 0 Å². The number of hydrogen-bond acceptors (Lipinski definition) is 4. The van der Waals surface area contributed by atoms with Gasteiger partial charge in [-0.2, -0.15) is 4.31 Å². The lowest BCUT2D eigenvalue weighted by atomic mass is 9.95. The predicted molar refractivity (Wildman–Crippen MR) is 138 cm³/mol. The van der Waals surface area contributed by atoms with Crippen LogP contribution in [0, 0.1) is 5.82 Å². The van der Waals surface area contributed by atoms with Crippen LogP contribution < -0.4 is 5.32 Å². The zero-order valence-corrected chi connectivity index (χ0v) is 21.4. The molecule has 37 heavy (non-hydrogen) atoms. The van der Waals surface area contributed by atoms with E-state index in [0.717, 1.165) is 19.3 Å². The summed E-state index contributed by atoms with van der Waals surface area (Å²) in [6.45, 7) is 0.696. The van der Waals surface area contributed by atoms with Crippen molar-refractivity contribution < 1.29 is 22.4 Å². The van der Waals surface area contributed by atoms with Crippen molar-refractivity contribution in [1.82, 2.24) is 9.21 Å². The van der Waals surface area contributed by atoms with Crippen LogP contribution in [0.25, 0.3) is 0 Å². The van der Waals surface area contributed by atoms with Gasteiger partial charge in [0, 0.05) is 34.9 Å². The molecule has 1 saturated heterocycles. The van der Waals surface area contributed by atoms with Crippen molar-refractivity contribution in [3.05, 3.63) is 94.3 Å². The van der Waals surface area contributed by atoms with Gasteiger partial charge in [-0.25, -0.2) is 12.8 Å². The number of carbonyl (C=O) groups is 2. The van der Waals surface area contributed by atoms with Gasteiger partial charge in [0.1, 0.15) is 12.4 Å². The molecule has 0 unspecified atom stereocenters. The van der Waals surface area contributed by atoms with E-state index in [2.05, 4.69) is 5.32 Å². The predicted octanol–water partition coefficient (Wildman–Crippen LogP) is 4.84. The lowest BCUT2D eigenvalue weighted by Gasteiger charge is -2.31. The number of sulfonamides is 1. The number of nitrogens with one attached hydrogen (secondary N) is 1. The molecule has 2 amide bonds. The second kappa shape index (κ2) is 10.2. The monoisotopic (exact) mass is 541 g/mol. The third kappa shape index (κ3) is 5.12. The van der Waals surface area contributed by atoms with Crippen LogP contribution >= 0.6 is 11.6 Å². The Kier molecular flexibility index (Phi) is 7.02. The van der Waals surface area contributed by atoms with Crippen LogP contribution in [0.1, 0.15) is 46.8 Å². The molecule has 10 heteroatoms. The minimum absolute atomic E-state index is 0.117. The van der Waals surface area contributed by atoms with Crippen LogP contribution in [0.2, 0.25) is 5.02 Å². The number of piperidine rings is 1. The highest BCUT2D eigenvalue weighted by molar-refractivity contribution is 7.89. The van der Waals surface area contributed by atoms with Gasteiger partial charge in [0.2, 0.25) is 15.9 Å². The fourth-order valence-electron chi connectivity index (χ4n) is 4.86. The molecule has 1 N–H and O–H groups in total. The van der Waals surface area contributed by atoms with E-state index in [4.69, 9.17) is 11.6 Å². The molecular weight excluding hydrogens is 517 g/mol. The molecule has 1 fully saturated rings. The van der Waals surface area contributed by atoms with Crippen LogP contribution in [-0.2, 0) is 14.8 Å². The van der Waals surface area contributed by atoms with Crippen molar-refractivity contribution in [2.24, 2.45) is 0 Å². The molecule has 3 aromatic carbocycles. The summed E-state index contributed by atoms with van der Waals surface area (Å²) >= 11 is 6.28. The van der Waals surface area contributed by atoms with Crippen molar-refractivity contribution in [3.63, 3.8) is 0 Å². The highest BCUT2D eigenvalue weighted by Gasteiger charge is 2.34. The molecule has 1 atom stereocenters. The molecule has 0 saturated carbocycles. The minimum Gasteiger partial charge on any atom is -0.324 e. The number of benzene rings is 3. The Labute approximate surface area is 219 Å². The molecule has 192 valence electrons. The highest BCUT2D eigenvalue weighted by Crippen LogP contribution is 2.38. The van der Waals surface area contributed by atoms with Crippen molar-refractivity contribution >= 4 is 39.1 Å². The van der Waals surface area contributed by atoms with E-state index < -0.39 is 33.7 Å². The maximum absolute atomic E-state index is 13.8. The molecule has 0 aromatic heterocycles. The van der Waals surface area contributed by atoms with Crippen molar-refractivity contribution in [3.8, 4) is 0 Å². The zero-order chi connectivity index (χ0) is 26.2. The van der Waals surface area contributed by atoms with E-state index in [1.54, 1.807) is 30.3 Å². The fraction of sp³-hybridized carbons (Fsp3) is 0.259. The number of rotatable bonds is 4. The summed E-state index contributed by atoms with van der Waals surface area (Å²) < 4.78 is 41.2. The van der Waals surface area contributed by atoms with Crippen molar-refractivity contribution in [1.29, 1.82) is 0 Å². The number of fused-ring (bicyclic) bond motifs is 1. The van der Waals surface area contributed by atoms with Gasteiger partial charge in [-0.15, -0.1) is 0 Å². The smallest absolute Gasteiger partial charge is 0.255 e. The highest BCUT2D eigenvalue weighted by atomic mass is 35.5. The molecule has 2 aliphatic rings. The van der Waals surface area contributed by atoms with Gasteiger partial charge in [0.05, 0.1) is 10.9 Å². The van der Waals surface area contributed by atoms with E-state index in [1.165, 1.54) is 45.6 Å².